The van der Waals surface area contributed by atoms with Crippen molar-refractivity contribution >= 4 is 17.0 Å². The number of imidazole rings is 1. The summed E-state index contributed by atoms with van der Waals surface area (Å²) in [6, 6.07) is 4.57. The van der Waals surface area contributed by atoms with Gasteiger partial charge in [0.15, 0.2) is 0 Å². The molecule has 1 saturated carbocycles. The number of benzene rings is 1. The largest absolute Gasteiger partial charge is 0.481 e. The molecule has 0 bridgehead atoms. The van der Waals surface area contributed by atoms with E-state index in [0.29, 0.717) is 6.42 Å². The first-order valence-corrected chi connectivity index (χ1v) is 7.50. The molecule has 1 aliphatic rings. The molecule has 1 N–H and O–H groups in total. The van der Waals surface area contributed by atoms with Gasteiger partial charge in [0.25, 0.3) is 0 Å². The van der Waals surface area contributed by atoms with Gasteiger partial charge in [-0.2, -0.15) is 0 Å². The Morgan fingerprint density at radius 3 is 3.00 bits per heavy atom. The molecule has 0 amide bonds. The number of carbonyl (C=O) groups is 1. The molecule has 1 aromatic heterocycles. The summed E-state index contributed by atoms with van der Waals surface area (Å²) in [5, 5.41) is 9.39. The average molecular weight is 290 g/mol. The number of nitrogens with zero attached hydrogens (tertiary/aromatic N) is 2. The van der Waals surface area contributed by atoms with Crippen LogP contribution in [0, 0.1) is 11.7 Å². The van der Waals surface area contributed by atoms with Crippen molar-refractivity contribution in [2.24, 2.45) is 5.92 Å². The highest BCUT2D eigenvalue weighted by Crippen LogP contribution is 2.40. The monoisotopic (exact) mass is 290 g/mol. The Morgan fingerprint density at radius 2 is 2.29 bits per heavy atom. The van der Waals surface area contributed by atoms with Crippen LogP contribution in [0.2, 0.25) is 0 Å². The summed E-state index contributed by atoms with van der Waals surface area (Å²) >= 11 is 0. The molecule has 3 rings (SSSR count). The minimum atomic E-state index is -0.751. The lowest BCUT2D eigenvalue weighted by Crippen LogP contribution is -2.20. The topological polar surface area (TPSA) is 55.1 Å². The van der Waals surface area contributed by atoms with Crippen molar-refractivity contribution in [3.05, 3.63) is 29.8 Å². The summed E-state index contributed by atoms with van der Waals surface area (Å²) in [7, 11) is 0. The van der Waals surface area contributed by atoms with Gasteiger partial charge in [-0.3, -0.25) is 4.79 Å². The van der Waals surface area contributed by atoms with Crippen LogP contribution in [0.4, 0.5) is 4.39 Å². The lowest BCUT2D eigenvalue weighted by molar-refractivity contribution is -0.142. The highest BCUT2D eigenvalue weighted by Gasteiger charge is 2.37. The Bertz CT molecular complexity index is 680. The zero-order valence-corrected chi connectivity index (χ0v) is 12.1. The maximum atomic E-state index is 13.5. The first kappa shape index (κ1) is 14.0. The standard InChI is InChI=1S/C16H19FN2O2/c1-2-8-19-14-9-10(17)6-7-13(14)18-15(19)11-4-3-5-12(11)16(20)21/h6-7,9,11-12H,2-5,8H2,1H3,(H,20,21). The van der Waals surface area contributed by atoms with E-state index in [9.17, 15) is 14.3 Å². The SMILES string of the molecule is CCCn1c(C2CCCC2C(=O)O)nc2ccc(F)cc21. The zero-order chi connectivity index (χ0) is 15.0. The number of fused-ring (bicyclic) bond motifs is 1. The second kappa shape index (κ2) is 5.47. The predicted octanol–water partition coefficient (Wildman–Crippen LogP) is 3.55. The smallest absolute Gasteiger partial charge is 0.307 e. The van der Waals surface area contributed by atoms with E-state index in [1.165, 1.54) is 12.1 Å². The molecule has 0 spiro atoms. The van der Waals surface area contributed by atoms with E-state index in [-0.39, 0.29) is 17.7 Å². The Labute approximate surface area is 122 Å². The van der Waals surface area contributed by atoms with Gasteiger partial charge < -0.3 is 9.67 Å². The maximum absolute atomic E-state index is 13.5. The molecule has 2 atom stereocenters. The number of carboxylic acids is 1. The van der Waals surface area contributed by atoms with Gasteiger partial charge in [0.05, 0.1) is 17.0 Å². The van der Waals surface area contributed by atoms with Crippen LogP contribution in [0.15, 0.2) is 18.2 Å². The maximum Gasteiger partial charge on any atom is 0.307 e. The van der Waals surface area contributed by atoms with E-state index in [2.05, 4.69) is 11.9 Å². The van der Waals surface area contributed by atoms with E-state index in [0.717, 1.165) is 42.7 Å². The van der Waals surface area contributed by atoms with Crippen LogP contribution in [0.1, 0.15) is 44.3 Å². The second-order valence-corrected chi connectivity index (χ2v) is 5.74. The van der Waals surface area contributed by atoms with Gasteiger partial charge in [-0.1, -0.05) is 13.3 Å². The molecule has 2 unspecified atom stereocenters. The first-order chi connectivity index (χ1) is 10.1. The summed E-state index contributed by atoms with van der Waals surface area (Å²) in [5.74, 6) is -0.666. The van der Waals surface area contributed by atoms with Crippen molar-refractivity contribution in [1.29, 1.82) is 0 Å². The molecule has 0 aliphatic heterocycles. The third-order valence-electron chi connectivity index (χ3n) is 4.35. The van der Waals surface area contributed by atoms with E-state index < -0.39 is 5.97 Å². The molecule has 0 saturated heterocycles. The van der Waals surface area contributed by atoms with Crippen LogP contribution in [0.25, 0.3) is 11.0 Å². The van der Waals surface area contributed by atoms with Gasteiger partial charge in [0.2, 0.25) is 0 Å². The quantitative estimate of drug-likeness (QED) is 0.936. The molecule has 4 nitrogen and oxygen atoms in total. The van der Waals surface area contributed by atoms with Crippen LogP contribution in [0.5, 0.6) is 0 Å². The van der Waals surface area contributed by atoms with Crippen LogP contribution in [-0.2, 0) is 11.3 Å². The zero-order valence-electron chi connectivity index (χ0n) is 12.1. The van der Waals surface area contributed by atoms with E-state index >= 15 is 0 Å². The van der Waals surface area contributed by atoms with Gasteiger partial charge in [0, 0.05) is 12.5 Å². The van der Waals surface area contributed by atoms with E-state index in [4.69, 9.17) is 0 Å². The number of carboxylic acid groups (broad SMARTS) is 1. The third kappa shape index (κ3) is 2.41. The van der Waals surface area contributed by atoms with Crippen molar-refractivity contribution in [3.8, 4) is 0 Å². The van der Waals surface area contributed by atoms with Gasteiger partial charge in [-0.15, -0.1) is 0 Å². The molecule has 1 heterocycles. The number of aryl methyl sites for hydroxylation is 1. The number of aliphatic carboxylic acids is 1. The second-order valence-electron chi connectivity index (χ2n) is 5.74. The highest BCUT2D eigenvalue weighted by molar-refractivity contribution is 5.77. The van der Waals surface area contributed by atoms with Crippen molar-refractivity contribution < 1.29 is 14.3 Å². The fraction of sp³-hybridized carbons (Fsp3) is 0.500. The normalized spacial score (nSPS) is 22.0. The molecule has 1 fully saturated rings. The highest BCUT2D eigenvalue weighted by atomic mass is 19.1. The Morgan fingerprint density at radius 1 is 1.48 bits per heavy atom. The molecule has 1 aromatic carbocycles. The fourth-order valence-corrected chi connectivity index (χ4v) is 3.42. The van der Waals surface area contributed by atoms with Crippen molar-refractivity contribution in [3.63, 3.8) is 0 Å². The number of rotatable bonds is 4. The number of hydrogen-bond donors (Lipinski definition) is 1. The molecular weight excluding hydrogens is 271 g/mol. The molecule has 21 heavy (non-hydrogen) atoms. The summed E-state index contributed by atoms with van der Waals surface area (Å²) in [6.07, 6.45) is 3.35. The van der Waals surface area contributed by atoms with Crippen LogP contribution in [0.3, 0.4) is 0 Å². The minimum Gasteiger partial charge on any atom is -0.481 e. The van der Waals surface area contributed by atoms with E-state index in [1.807, 2.05) is 4.57 Å². The van der Waals surface area contributed by atoms with Crippen molar-refractivity contribution in [2.45, 2.75) is 45.1 Å². The number of aromatic nitrogens is 2. The number of halogens is 1. The first-order valence-electron chi connectivity index (χ1n) is 7.50. The summed E-state index contributed by atoms with van der Waals surface area (Å²) in [4.78, 5) is 16.0. The summed E-state index contributed by atoms with van der Waals surface area (Å²) in [6.45, 7) is 2.79. The Balaban J connectivity index is 2.12. The predicted molar refractivity (Wildman–Crippen MR) is 77.7 cm³/mol. The average Bonchev–Trinajstić information content (AvgIpc) is 3.04. The molecule has 2 aromatic rings. The minimum absolute atomic E-state index is 0.0653. The summed E-state index contributed by atoms with van der Waals surface area (Å²) < 4.78 is 15.5. The lowest BCUT2D eigenvalue weighted by atomic mass is 9.95. The lowest BCUT2D eigenvalue weighted by Gasteiger charge is -2.17. The molecule has 112 valence electrons. The van der Waals surface area contributed by atoms with Gasteiger partial charge in [-0.05, 0) is 37.5 Å². The molecule has 0 radical (unpaired) electrons. The molecule has 1 aliphatic carbocycles. The fourth-order valence-electron chi connectivity index (χ4n) is 3.42. The van der Waals surface area contributed by atoms with Gasteiger partial charge in [-0.25, -0.2) is 9.37 Å². The van der Waals surface area contributed by atoms with Gasteiger partial charge in [0.1, 0.15) is 11.6 Å². The molecule has 5 heteroatoms. The van der Waals surface area contributed by atoms with Crippen LogP contribution >= 0.6 is 0 Å². The molecular formula is C16H19FN2O2. The van der Waals surface area contributed by atoms with Crippen LogP contribution < -0.4 is 0 Å². The van der Waals surface area contributed by atoms with E-state index in [1.54, 1.807) is 6.07 Å². The van der Waals surface area contributed by atoms with Gasteiger partial charge >= 0.3 is 5.97 Å². The van der Waals surface area contributed by atoms with Crippen molar-refractivity contribution in [1.82, 2.24) is 9.55 Å². The third-order valence-corrected chi connectivity index (χ3v) is 4.35. The Hall–Kier alpha value is -1.91. The summed E-state index contributed by atoms with van der Waals surface area (Å²) in [5.41, 5.74) is 1.51. The number of hydrogen-bond acceptors (Lipinski definition) is 2. The Kier molecular flexibility index (Phi) is 3.66. The van der Waals surface area contributed by atoms with Crippen LogP contribution in [-0.4, -0.2) is 20.6 Å². The van der Waals surface area contributed by atoms with Crippen molar-refractivity contribution in [2.75, 3.05) is 0 Å².